The molecule has 40 heavy (non-hydrogen) atoms. The SMILES string of the molecule is CC(C)CCC[C@@H](COS(=O)(=O)[O-])[C@H]1CC[C@H]2[C@H]3CC[C@H]4[C@@H](O)[C@H](OS(=O)(=O)[O-])CC[C@]4(C)[C@@H]3CC[C@]12C.[Na+].[Na+]. The molecular formula is C27H46Na2O9S2. The molecule has 222 valence electrons. The fourth-order valence-electron chi connectivity index (χ4n) is 9.73. The Kier molecular flexibility index (Phi) is 13.7. The molecular weight excluding hydrogens is 578 g/mol. The second-order valence-electron chi connectivity index (χ2n) is 13.6. The quantitative estimate of drug-likeness (QED) is 0.172. The van der Waals surface area contributed by atoms with Gasteiger partial charge >= 0.3 is 59.1 Å². The third-order valence-corrected chi connectivity index (χ3v) is 12.3. The molecule has 0 aromatic carbocycles. The van der Waals surface area contributed by atoms with Crippen molar-refractivity contribution in [3.05, 3.63) is 0 Å². The van der Waals surface area contributed by atoms with E-state index in [9.17, 15) is 31.0 Å². The average Bonchev–Trinajstić information content (AvgIpc) is 3.14. The van der Waals surface area contributed by atoms with Crippen LogP contribution in [-0.4, -0.2) is 49.9 Å². The Labute approximate surface area is 286 Å². The fourth-order valence-corrected chi connectivity index (χ4v) is 10.6. The summed E-state index contributed by atoms with van der Waals surface area (Å²) in [5.74, 6) is 2.13. The van der Waals surface area contributed by atoms with Crippen LogP contribution in [0.5, 0.6) is 0 Å². The van der Waals surface area contributed by atoms with E-state index in [2.05, 4.69) is 27.7 Å². The van der Waals surface area contributed by atoms with Gasteiger partial charge in [0.25, 0.3) is 0 Å². The molecule has 9 nitrogen and oxygen atoms in total. The van der Waals surface area contributed by atoms with E-state index in [1.807, 2.05) is 0 Å². The molecule has 0 radical (unpaired) electrons. The van der Waals surface area contributed by atoms with E-state index < -0.39 is 33.0 Å². The molecule has 0 aromatic rings. The molecule has 0 amide bonds. The second kappa shape index (κ2) is 14.4. The van der Waals surface area contributed by atoms with Crippen LogP contribution >= 0.6 is 0 Å². The van der Waals surface area contributed by atoms with Crippen molar-refractivity contribution in [1.29, 1.82) is 0 Å². The number of hydrogen-bond donors (Lipinski definition) is 1. The van der Waals surface area contributed by atoms with Crippen LogP contribution in [-0.2, 0) is 29.2 Å². The Morgan fingerprint density at radius 3 is 2.02 bits per heavy atom. The summed E-state index contributed by atoms with van der Waals surface area (Å²) in [4.78, 5) is 0. The first-order valence-corrected chi connectivity index (χ1v) is 17.1. The van der Waals surface area contributed by atoms with Gasteiger partial charge in [-0.15, -0.1) is 0 Å². The maximum atomic E-state index is 11.3. The van der Waals surface area contributed by atoms with E-state index in [4.69, 9.17) is 8.37 Å². The van der Waals surface area contributed by atoms with Crippen LogP contribution in [0.25, 0.3) is 0 Å². The minimum atomic E-state index is -4.88. The zero-order valence-corrected chi connectivity index (χ0v) is 30.8. The van der Waals surface area contributed by atoms with Gasteiger partial charge in [-0.25, -0.2) is 16.8 Å². The van der Waals surface area contributed by atoms with Gasteiger partial charge in [-0.2, -0.15) is 0 Å². The average molecular weight is 625 g/mol. The molecule has 0 aromatic heterocycles. The Morgan fingerprint density at radius 1 is 0.825 bits per heavy atom. The smallest absolute Gasteiger partial charge is 0.726 e. The predicted octanol–water partition coefficient (Wildman–Crippen LogP) is -1.61. The molecule has 4 saturated carbocycles. The van der Waals surface area contributed by atoms with Crippen molar-refractivity contribution in [2.24, 2.45) is 52.3 Å². The number of aliphatic hydroxyl groups is 1. The molecule has 1 N–H and O–H groups in total. The van der Waals surface area contributed by atoms with Gasteiger partial charge in [-0.05, 0) is 110 Å². The number of hydrogen-bond acceptors (Lipinski definition) is 9. The van der Waals surface area contributed by atoms with Gasteiger partial charge in [-0.1, -0.05) is 40.5 Å². The van der Waals surface area contributed by atoms with Gasteiger partial charge < -0.3 is 14.2 Å². The molecule has 4 aliphatic carbocycles. The minimum absolute atomic E-state index is 0. The van der Waals surface area contributed by atoms with Crippen molar-refractivity contribution in [1.82, 2.24) is 0 Å². The summed E-state index contributed by atoms with van der Waals surface area (Å²) in [6, 6.07) is 0. The number of fused-ring (bicyclic) bond motifs is 5. The first-order chi connectivity index (χ1) is 17.6. The first kappa shape index (κ1) is 37.9. The van der Waals surface area contributed by atoms with E-state index in [1.54, 1.807) is 0 Å². The van der Waals surface area contributed by atoms with E-state index in [0.717, 1.165) is 64.2 Å². The topological polar surface area (TPSA) is 153 Å². The normalized spacial score (nSPS) is 40.2. The first-order valence-electron chi connectivity index (χ1n) is 14.5. The van der Waals surface area contributed by atoms with Crippen molar-refractivity contribution in [2.45, 2.75) is 111 Å². The van der Waals surface area contributed by atoms with Crippen LogP contribution in [0.1, 0.15) is 98.3 Å². The summed E-state index contributed by atoms with van der Waals surface area (Å²) in [6.07, 6.45) is 7.78. The van der Waals surface area contributed by atoms with Crippen LogP contribution in [0.4, 0.5) is 0 Å². The summed E-state index contributed by atoms with van der Waals surface area (Å²) in [5, 5.41) is 11.1. The van der Waals surface area contributed by atoms with E-state index >= 15 is 0 Å². The number of aliphatic hydroxyl groups excluding tert-OH is 1. The maximum Gasteiger partial charge on any atom is 1.00 e. The van der Waals surface area contributed by atoms with Crippen molar-refractivity contribution in [3.63, 3.8) is 0 Å². The maximum absolute atomic E-state index is 11.3. The summed E-state index contributed by atoms with van der Waals surface area (Å²) >= 11 is 0. The van der Waals surface area contributed by atoms with Crippen molar-refractivity contribution in [2.75, 3.05) is 6.61 Å². The van der Waals surface area contributed by atoms with Crippen molar-refractivity contribution < 1.29 is 98.5 Å². The molecule has 0 unspecified atom stereocenters. The fraction of sp³-hybridized carbons (Fsp3) is 1.00. The summed E-state index contributed by atoms with van der Waals surface area (Å²) < 4.78 is 77.2. The van der Waals surface area contributed by atoms with Crippen LogP contribution in [0.15, 0.2) is 0 Å². The third kappa shape index (κ3) is 8.29. The number of rotatable bonds is 10. The van der Waals surface area contributed by atoms with Gasteiger partial charge in [0.2, 0.25) is 20.8 Å². The van der Waals surface area contributed by atoms with Gasteiger partial charge in [0.05, 0.1) is 12.7 Å². The standard InChI is InChI=1S/C27H48O9S2.2Na/c1-17(2)6-5-7-18(16-35-37(29,30)31)20-10-11-21-19-8-9-23-25(28)24(36-38(32,33)34)13-15-27(23,4)22(19)12-14-26(20,21)3;;/h17-25,28H,5-16H2,1-4H3,(H,29,30,31)(H,32,33,34);;/q;2*+1/p-2/t18-,19+,20+,21-,22+,23-,24+,25+,26+,27+;;/m0../s1. The zero-order chi connectivity index (χ0) is 28.1. The summed E-state index contributed by atoms with van der Waals surface area (Å²) in [5.41, 5.74) is -0.108. The molecule has 4 aliphatic rings. The Bertz CT molecular complexity index is 1060. The van der Waals surface area contributed by atoms with E-state index in [0.29, 0.717) is 36.0 Å². The minimum Gasteiger partial charge on any atom is -0.726 e. The van der Waals surface area contributed by atoms with Gasteiger partial charge in [0, 0.05) is 0 Å². The van der Waals surface area contributed by atoms with Gasteiger partial charge in [-0.3, -0.25) is 8.37 Å². The molecule has 0 heterocycles. The summed E-state index contributed by atoms with van der Waals surface area (Å²) in [7, 11) is -9.62. The van der Waals surface area contributed by atoms with Crippen LogP contribution in [0.3, 0.4) is 0 Å². The van der Waals surface area contributed by atoms with Crippen molar-refractivity contribution in [3.8, 4) is 0 Å². The summed E-state index contributed by atoms with van der Waals surface area (Å²) in [6.45, 7) is 8.90. The van der Waals surface area contributed by atoms with Crippen LogP contribution < -0.4 is 59.1 Å². The van der Waals surface area contributed by atoms with Gasteiger partial charge in [0.15, 0.2) is 0 Å². The zero-order valence-electron chi connectivity index (χ0n) is 25.2. The van der Waals surface area contributed by atoms with Crippen molar-refractivity contribution >= 4 is 20.8 Å². The molecule has 0 bridgehead atoms. The molecule has 4 rings (SSSR count). The van der Waals surface area contributed by atoms with Crippen LogP contribution in [0, 0.1) is 52.3 Å². The molecule has 13 heteroatoms. The molecule has 0 spiro atoms. The van der Waals surface area contributed by atoms with Gasteiger partial charge in [0.1, 0.15) is 6.10 Å². The molecule has 10 atom stereocenters. The Morgan fingerprint density at radius 2 is 1.43 bits per heavy atom. The molecule has 0 saturated heterocycles. The molecule has 0 aliphatic heterocycles. The van der Waals surface area contributed by atoms with Crippen LogP contribution in [0.2, 0.25) is 0 Å². The Hall–Kier alpha value is 1.70. The largest absolute Gasteiger partial charge is 1.00 e. The third-order valence-electron chi connectivity index (χ3n) is 11.4. The van der Waals surface area contributed by atoms with E-state index in [-0.39, 0.29) is 88.4 Å². The Balaban J connectivity index is 0.00000280. The second-order valence-corrected chi connectivity index (χ2v) is 15.7. The van der Waals surface area contributed by atoms with E-state index in [1.165, 1.54) is 0 Å². The predicted molar refractivity (Wildman–Crippen MR) is 139 cm³/mol. The monoisotopic (exact) mass is 624 g/mol. The molecule has 4 fully saturated rings.